The van der Waals surface area contributed by atoms with Crippen LogP contribution in [0, 0.1) is 0 Å². The maximum Gasteiger partial charge on any atom is 0.354 e. The molecule has 0 spiro atoms. The smallest absolute Gasteiger partial charge is 0.354 e. The summed E-state index contributed by atoms with van der Waals surface area (Å²) in [5, 5.41) is 16.8. The summed E-state index contributed by atoms with van der Waals surface area (Å²) in [6, 6.07) is 14.2. The van der Waals surface area contributed by atoms with Gasteiger partial charge in [0.15, 0.2) is 5.82 Å². The van der Waals surface area contributed by atoms with Gasteiger partial charge in [0.25, 0.3) is 5.89 Å². The summed E-state index contributed by atoms with van der Waals surface area (Å²) in [7, 11) is 0. The number of carbonyl (C=O) groups is 1. The highest BCUT2D eigenvalue weighted by Crippen LogP contribution is 2.48. The van der Waals surface area contributed by atoms with Crippen molar-refractivity contribution in [3.63, 3.8) is 0 Å². The van der Waals surface area contributed by atoms with Crippen molar-refractivity contribution in [2.24, 2.45) is 0 Å². The van der Waals surface area contributed by atoms with Crippen LogP contribution >= 0.6 is 0 Å². The van der Waals surface area contributed by atoms with Gasteiger partial charge < -0.3 is 14.9 Å². The zero-order valence-electron chi connectivity index (χ0n) is 15.2. The zero-order chi connectivity index (χ0) is 19.1. The molecule has 142 valence electrons. The zero-order valence-corrected chi connectivity index (χ0v) is 15.2. The highest BCUT2D eigenvalue weighted by Gasteiger charge is 2.50. The van der Waals surface area contributed by atoms with Crippen LogP contribution in [0.5, 0.6) is 0 Å². The van der Waals surface area contributed by atoms with E-state index in [0.29, 0.717) is 29.2 Å². The number of nitrogens with zero attached hydrogens (tertiary/aromatic N) is 3. The standard InChI is InChI=1S/C21H20N4O3/c26-19(27)16-7-6-14(11-22-16)18-24-20(25-28-18)21(8-9-21)12-23-17-10-15(17)13-4-2-1-3-5-13/h1-7,11,15,17,23H,8-10,12H2,(H,26,27). The van der Waals surface area contributed by atoms with Crippen LogP contribution in [0.25, 0.3) is 11.5 Å². The second kappa shape index (κ2) is 6.53. The van der Waals surface area contributed by atoms with Gasteiger partial charge in [0.05, 0.1) is 5.56 Å². The molecule has 2 fully saturated rings. The van der Waals surface area contributed by atoms with Gasteiger partial charge in [-0.15, -0.1) is 0 Å². The largest absolute Gasteiger partial charge is 0.477 e. The molecule has 7 heteroatoms. The molecule has 2 aliphatic rings. The molecule has 0 radical (unpaired) electrons. The number of aromatic nitrogens is 3. The van der Waals surface area contributed by atoms with Crippen LogP contribution in [0.3, 0.4) is 0 Å². The van der Waals surface area contributed by atoms with Crippen LogP contribution in [0.2, 0.25) is 0 Å². The van der Waals surface area contributed by atoms with Gasteiger partial charge in [-0.2, -0.15) is 4.98 Å². The highest BCUT2D eigenvalue weighted by atomic mass is 16.5. The first kappa shape index (κ1) is 17.1. The lowest BCUT2D eigenvalue weighted by Crippen LogP contribution is -2.30. The summed E-state index contributed by atoms with van der Waals surface area (Å²) in [5.41, 5.74) is 1.95. The van der Waals surface area contributed by atoms with Gasteiger partial charge in [-0.1, -0.05) is 35.5 Å². The van der Waals surface area contributed by atoms with Gasteiger partial charge in [0, 0.05) is 30.1 Å². The third-order valence-corrected chi connectivity index (χ3v) is 5.70. The Morgan fingerprint density at radius 3 is 2.71 bits per heavy atom. The number of carboxylic acid groups (broad SMARTS) is 1. The Balaban J connectivity index is 1.24. The predicted molar refractivity (Wildman–Crippen MR) is 101 cm³/mol. The third kappa shape index (κ3) is 3.18. The van der Waals surface area contributed by atoms with Crippen molar-refractivity contribution >= 4 is 5.97 Å². The third-order valence-electron chi connectivity index (χ3n) is 5.70. The number of nitrogens with one attached hydrogen (secondary N) is 1. The summed E-state index contributed by atoms with van der Waals surface area (Å²) in [4.78, 5) is 19.4. The van der Waals surface area contributed by atoms with Crippen LogP contribution in [-0.2, 0) is 5.41 Å². The van der Waals surface area contributed by atoms with Gasteiger partial charge in [-0.25, -0.2) is 9.78 Å². The summed E-state index contributed by atoms with van der Waals surface area (Å²) < 4.78 is 5.41. The second-order valence-electron chi connectivity index (χ2n) is 7.68. The van der Waals surface area contributed by atoms with Gasteiger partial charge >= 0.3 is 5.97 Å². The Morgan fingerprint density at radius 2 is 2.04 bits per heavy atom. The van der Waals surface area contributed by atoms with Crippen molar-refractivity contribution in [3.8, 4) is 11.5 Å². The summed E-state index contributed by atoms with van der Waals surface area (Å²) >= 11 is 0. The Morgan fingerprint density at radius 1 is 1.21 bits per heavy atom. The quantitative estimate of drug-likeness (QED) is 0.653. The average Bonchev–Trinajstić information content (AvgIpc) is 3.64. The Kier molecular flexibility index (Phi) is 3.98. The number of hydrogen-bond acceptors (Lipinski definition) is 6. The molecule has 0 saturated heterocycles. The number of aromatic carboxylic acids is 1. The number of hydrogen-bond donors (Lipinski definition) is 2. The predicted octanol–water partition coefficient (Wildman–Crippen LogP) is 3.01. The average molecular weight is 376 g/mol. The molecular weight excluding hydrogens is 356 g/mol. The second-order valence-corrected chi connectivity index (χ2v) is 7.68. The number of rotatable bonds is 7. The van der Waals surface area contributed by atoms with Crippen LogP contribution in [0.1, 0.15) is 47.1 Å². The molecule has 0 amide bonds. The molecule has 2 saturated carbocycles. The van der Waals surface area contributed by atoms with E-state index in [1.807, 2.05) is 6.07 Å². The fourth-order valence-corrected chi connectivity index (χ4v) is 3.65. The minimum absolute atomic E-state index is 0.0104. The molecule has 2 aliphatic carbocycles. The molecule has 2 atom stereocenters. The van der Waals surface area contributed by atoms with Gasteiger partial charge in [-0.3, -0.25) is 0 Å². The number of carboxylic acids is 1. The van der Waals surface area contributed by atoms with Crippen molar-refractivity contribution in [3.05, 3.63) is 65.7 Å². The lowest BCUT2D eigenvalue weighted by molar-refractivity contribution is 0.0690. The van der Waals surface area contributed by atoms with Crippen LogP contribution < -0.4 is 5.32 Å². The molecule has 28 heavy (non-hydrogen) atoms. The topological polar surface area (TPSA) is 101 Å². The van der Waals surface area contributed by atoms with Gasteiger partial charge in [-0.05, 0) is 37.0 Å². The Bertz CT molecular complexity index is 996. The van der Waals surface area contributed by atoms with Crippen molar-refractivity contribution in [1.82, 2.24) is 20.4 Å². The molecular formula is C21H20N4O3. The fraction of sp³-hybridized carbons (Fsp3) is 0.333. The van der Waals surface area contributed by atoms with E-state index in [1.54, 1.807) is 6.07 Å². The van der Waals surface area contributed by atoms with E-state index < -0.39 is 5.97 Å². The molecule has 2 heterocycles. The lowest BCUT2D eigenvalue weighted by Gasteiger charge is -2.12. The highest BCUT2D eigenvalue weighted by molar-refractivity contribution is 5.85. The Labute approximate surface area is 161 Å². The van der Waals surface area contributed by atoms with E-state index in [-0.39, 0.29) is 11.1 Å². The minimum Gasteiger partial charge on any atom is -0.477 e. The molecule has 0 bridgehead atoms. The van der Waals surface area contributed by atoms with E-state index in [1.165, 1.54) is 24.2 Å². The number of pyridine rings is 1. The van der Waals surface area contributed by atoms with Gasteiger partial charge in [0.2, 0.25) is 0 Å². The SMILES string of the molecule is O=C(O)c1ccc(-c2nc(C3(CNC4CC4c4ccccc4)CC3)no2)cn1. The molecule has 2 aromatic heterocycles. The van der Waals surface area contributed by atoms with E-state index in [4.69, 9.17) is 9.63 Å². The van der Waals surface area contributed by atoms with Crippen molar-refractivity contribution in [2.75, 3.05) is 6.54 Å². The first-order valence-electron chi connectivity index (χ1n) is 9.47. The van der Waals surface area contributed by atoms with Crippen LogP contribution in [0.15, 0.2) is 53.2 Å². The molecule has 5 rings (SSSR count). The van der Waals surface area contributed by atoms with Crippen LogP contribution in [-0.4, -0.2) is 38.8 Å². The van der Waals surface area contributed by atoms with E-state index in [0.717, 1.165) is 19.4 Å². The Hall–Kier alpha value is -3.06. The summed E-state index contributed by atoms with van der Waals surface area (Å²) in [6.45, 7) is 0.843. The fourth-order valence-electron chi connectivity index (χ4n) is 3.65. The monoisotopic (exact) mass is 376 g/mol. The molecule has 0 aliphatic heterocycles. The summed E-state index contributed by atoms with van der Waals surface area (Å²) in [5.74, 6) is 0.625. The molecule has 3 aromatic rings. The van der Waals surface area contributed by atoms with Crippen molar-refractivity contribution in [1.29, 1.82) is 0 Å². The summed E-state index contributed by atoms with van der Waals surface area (Å²) in [6.07, 6.45) is 4.70. The maximum absolute atomic E-state index is 10.9. The van der Waals surface area contributed by atoms with E-state index >= 15 is 0 Å². The number of benzene rings is 1. The lowest BCUT2D eigenvalue weighted by atomic mass is 10.1. The molecule has 7 nitrogen and oxygen atoms in total. The normalized spacial score (nSPS) is 22.0. The molecule has 1 aromatic carbocycles. The van der Waals surface area contributed by atoms with Crippen molar-refractivity contribution in [2.45, 2.75) is 36.6 Å². The maximum atomic E-state index is 10.9. The van der Waals surface area contributed by atoms with Crippen LogP contribution in [0.4, 0.5) is 0 Å². The van der Waals surface area contributed by atoms with Crippen molar-refractivity contribution < 1.29 is 14.4 Å². The van der Waals surface area contributed by atoms with E-state index in [2.05, 4.69) is 44.7 Å². The molecule has 2 unspecified atom stereocenters. The minimum atomic E-state index is -1.06. The van der Waals surface area contributed by atoms with Gasteiger partial charge in [0.1, 0.15) is 5.69 Å². The van der Waals surface area contributed by atoms with E-state index in [9.17, 15) is 4.79 Å². The first-order valence-corrected chi connectivity index (χ1v) is 9.47. The first-order chi connectivity index (χ1) is 13.6. The molecule has 2 N–H and O–H groups in total.